The Morgan fingerprint density at radius 3 is 3.00 bits per heavy atom. The molecule has 0 aromatic rings. The lowest BCUT2D eigenvalue weighted by atomic mass is 10.4. The van der Waals surface area contributed by atoms with Crippen LogP contribution in [0.5, 0.6) is 0 Å². The Morgan fingerprint density at radius 1 is 1.91 bits per heavy atom. The highest BCUT2D eigenvalue weighted by Crippen LogP contribution is 1.85. The van der Waals surface area contributed by atoms with Gasteiger partial charge in [0.1, 0.15) is 12.7 Å². The van der Waals surface area contributed by atoms with E-state index in [1.807, 2.05) is 0 Å². The van der Waals surface area contributed by atoms with Crippen molar-refractivity contribution in [3.8, 4) is 11.8 Å². The summed E-state index contributed by atoms with van der Waals surface area (Å²) in [7, 11) is 0. The summed E-state index contributed by atoms with van der Waals surface area (Å²) < 4.78 is 4.50. The third kappa shape index (κ3) is 5.19. The van der Waals surface area contributed by atoms with Crippen LogP contribution in [0.1, 0.15) is 6.92 Å². The molecule has 0 heterocycles. The van der Waals surface area contributed by atoms with E-state index in [0.29, 0.717) is 0 Å². The van der Waals surface area contributed by atoms with Crippen molar-refractivity contribution in [2.45, 2.75) is 13.0 Å². The minimum Gasteiger partial charge on any atom is -0.453 e. The van der Waals surface area contributed by atoms with Crippen molar-refractivity contribution in [3.05, 3.63) is 12.7 Å². The predicted molar refractivity (Wildman–Crippen MR) is 40.6 cm³/mol. The minimum absolute atomic E-state index is 0.0863. The molecule has 0 spiro atoms. The second kappa shape index (κ2) is 5.51. The normalized spacial score (nSPS) is 10.7. The Balaban J connectivity index is 3.59. The summed E-state index contributed by atoms with van der Waals surface area (Å²) in [6, 6.07) is 0. The molecule has 0 aromatic carbocycles. The lowest BCUT2D eigenvalue weighted by Crippen LogP contribution is -2.14. The van der Waals surface area contributed by atoms with Crippen LogP contribution in [-0.2, 0) is 9.53 Å². The van der Waals surface area contributed by atoms with Gasteiger partial charge in [-0.25, -0.2) is 4.79 Å². The highest BCUT2D eigenvalue weighted by Gasteiger charge is 2.01. The number of carbonyl (C=O) groups excluding carboxylic acids is 1. The maximum Gasteiger partial charge on any atom is 0.384 e. The highest BCUT2D eigenvalue weighted by molar-refractivity contribution is 5.88. The largest absolute Gasteiger partial charge is 0.453 e. The monoisotopic (exact) mass is 154 g/mol. The van der Waals surface area contributed by atoms with E-state index in [9.17, 15) is 4.79 Å². The smallest absolute Gasteiger partial charge is 0.384 e. The average molecular weight is 154 g/mol. The SMILES string of the molecule is C=CC(O)COC(=O)C#CC. The van der Waals surface area contributed by atoms with Crippen LogP contribution < -0.4 is 0 Å². The standard InChI is InChI=1S/C8H10O3/c1-3-5-8(10)11-6-7(9)4-2/h4,7,9H,2,6H2,1H3. The maximum atomic E-state index is 10.5. The molecule has 0 aromatic heterocycles. The molecular formula is C8H10O3. The van der Waals surface area contributed by atoms with E-state index in [4.69, 9.17) is 5.11 Å². The first-order chi connectivity index (χ1) is 5.20. The summed E-state index contributed by atoms with van der Waals surface area (Å²) >= 11 is 0. The van der Waals surface area contributed by atoms with Crippen LogP contribution in [-0.4, -0.2) is 23.8 Å². The first-order valence-corrected chi connectivity index (χ1v) is 3.10. The molecule has 3 nitrogen and oxygen atoms in total. The number of carbonyl (C=O) groups is 1. The highest BCUT2D eigenvalue weighted by atomic mass is 16.5. The van der Waals surface area contributed by atoms with E-state index in [-0.39, 0.29) is 6.61 Å². The van der Waals surface area contributed by atoms with Crippen molar-refractivity contribution in [1.29, 1.82) is 0 Å². The topological polar surface area (TPSA) is 46.5 Å². The summed E-state index contributed by atoms with van der Waals surface area (Å²) in [5.74, 6) is 3.91. The number of hydrogen-bond donors (Lipinski definition) is 1. The van der Waals surface area contributed by atoms with Crippen LogP contribution in [0.3, 0.4) is 0 Å². The van der Waals surface area contributed by atoms with Crippen LogP contribution in [0.15, 0.2) is 12.7 Å². The number of aliphatic hydroxyl groups excluding tert-OH is 1. The van der Waals surface area contributed by atoms with Gasteiger partial charge in [-0.1, -0.05) is 12.0 Å². The van der Waals surface area contributed by atoms with Crippen molar-refractivity contribution < 1.29 is 14.6 Å². The van der Waals surface area contributed by atoms with Crippen LogP contribution in [0.4, 0.5) is 0 Å². The Morgan fingerprint density at radius 2 is 2.55 bits per heavy atom. The lowest BCUT2D eigenvalue weighted by Gasteiger charge is -2.02. The number of aliphatic hydroxyl groups is 1. The Hall–Kier alpha value is -1.27. The number of ether oxygens (including phenoxy) is 1. The predicted octanol–water partition coefficient (Wildman–Crippen LogP) is 0.0998. The molecule has 0 saturated heterocycles. The summed E-state index contributed by atoms with van der Waals surface area (Å²) in [4.78, 5) is 10.5. The van der Waals surface area contributed by atoms with Gasteiger partial charge in [0.25, 0.3) is 0 Å². The quantitative estimate of drug-likeness (QED) is 0.271. The fraction of sp³-hybridized carbons (Fsp3) is 0.375. The van der Waals surface area contributed by atoms with Gasteiger partial charge in [-0.3, -0.25) is 0 Å². The molecule has 11 heavy (non-hydrogen) atoms. The second-order valence-electron chi connectivity index (χ2n) is 1.78. The second-order valence-corrected chi connectivity index (χ2v) is 1.78. The molecule has 1 atom stereocenters. The van der Waals surface area contributed by atoms with Gasteiger partial charge in [-0.15, -0.1) is 6.58 Å². The Kier molecular flexibility index (Phi) is 4.87. The van der Waals surface area contributed by atoms with Gasteiger partial charge in [0.05, 0.1) is 0 Å². The summed E-state index contributed by atoms with van der Waals surface area (Å²) in [6.45, 7) is 4.75. The van der Waals surface area contributed by atoms with E-state index in [0.717, 1.165) is 0 Å². The number of hydrogen-bond acceptors (Lipinski definition) is 3. The molecule has 0 radical (unpaired) electrons. The minimum atomic E-state index is -0.808. The lowest BCUT2D eigenvalue weighted by molar-refractivity contribution is -0.138. The number of esters is 1. The molecule has 3 heteroatoms. The molecule has 0 aliphatic rings. The molecule has 0 bridgehead atoms. The van der Waals surface area contributed by atoms with Gasteiger partial charge in [-0.2, -0.15) is 0 Å². The summed E-state index contributed by atoms with van der Waals surface area (Å²) in [5, 5.41) is 8.83. The fourth-order valence-electron chi connectivity index (χ4n) is 0.367. The Labute approximate surface area is 65.7 Å². The van der Waals surface area contributed by atoms with E-state index >= 15 is 0 Å². The van der Waals surface area contributed by atoms with E-state index in [1.165, 1.54) is 13.0 Å². The molecule has 0 saturated carbocycles. The van der Waals surface area contributed by atoms with Crippen LogP contribution in [0.2, 0.25) is 0 Å². The van der Waals surface area contributed by atoms with Gasteiger partial charge >= 0.3 is 5.97 Å². The van der Waals surface area contributed by atoms with Crippen LogP contribution in [0, 0.1) is 11.8 Å². The molecule has 1 N–H and O–H groups in total. The number of rotatable bonds is 3. The zero-order chi connectivity index (χ0) is 8.69. The van der Waals surface area contributed by atoms with Gasteiger partial charge in [0.15, 0.2) is 0 Å². The maximum absolute atomic E-state index is 10.5. The summed E-state index contributed by atoms with van der Waals surface area (Å²) in [5.41, 5.74) is 0. The van der Waals surface area contributed by atoms with Crippen molar-refractivity contribution >= 4 is 5.97 Å². The van der Waals surface area contributed by atoms with Crippen LogP contribution in [0.25, 0.3) is 0 Å². The molecule has 1 unspecified atom stereocenters. The Bertz CT molecular complexity index is 197. The van der Waals surface area contributed by atoms with Gasteiger partial charge in [-0.05, 0) is 6.92 Å². The van der Waals surface area contributed by atoms with Gasteiger partial charge < -0.3 is 9.84 Å². The first-order valence-electron chi connectivity index (χ1n) is 3.10. The molecule has 0 fully saturated rings. The van der Waals surface area contributed by atoms with Gasteiger partial charge in [0, 0.05) is 5.92 Å². The van der Waals surface area contributed by atoms with E-state index < -0.39 is 12.1 Å². The molecule has 0 rings (SSSR count). The summed E-state index contributed by atoms with van der Waals surface area (Å²) in [6.07, 6.45) is 0.477. The van der Waals surface area contributed by atoms with Crippen molar-refractivity contribution in [2.24, 2.45) is 0 Å². The van der Waals surface area contributed by atoms with Crippen LogP contribution >= 0.6 is 0 Å². The fourth-order valence-corrected chi connectivity index (χ4v) is 0.367. The van der Waals surface area contributed by atoms with E-state index in [1.54, 1.807) is 0 Å². The first kappa shape index (κ1) is 9.73. The van der Waals surface area contributed by atoms with Crippen molar-refractivity contribution in [3.63, 3.8) is 0 Å². The molecule has 0 amide bonds. The third-order valence-corrected chi connectivity index (χ3v) is 0.884. The van der Waals surface area contributed by atoms with Gasteiger partial charge in [0.2, 0.25) is 0 Å². The van der Waals surface area contributed by atoms with Crippen molar-refractivity contribution in [1.82, 2.24) is 0 Å². The average Bonchev–Trinajstić information content (AvgIpc) is 2.01. The zero-order valence-electron chi connectivity index (χ0n) is 6.33. The van der Waals surface area contributed by atoms with E-state index in [2.05, 4.69) is 23.2 Å². The zero-order valence-corrected chi connectivity index (χ0v) is 6.33. The molecule has 60 valence electrons. The van der Waals surface area contributed by atoms with Crippen molar-refractivity contribution in [2.75, 3.05) is 6.61 Å². The third-order valence-electron chi connectivity index (χ3n) is 0.884. The molecular weight excluding hydrogens is 144 g/mol. The molecule has 0 aliphatic heterocycles. The molecule has 0 aliphatic carbocycles.